The highest BCUT2D eigenvalue weighted by atomic mass is 19.1. The predicted octanol–water partition coefficient (Wildman–Crippen LogP) is 4.36. The molecule has 5 heterocycles. The molecule has 2 N–H and O–H groups in total. The normalized spacial score (nSPS) is 21.2. The van der Waals surface area contributed by atoms with Crippen LogP contribution in [0.15, 0.2) is 61.4 Å². The third kappa shape index (κ3) is 6.95. The molecule has 4 aliphatic heterocycles. The molecule has 12 nitrogen and oxygen atoms in total. The number of nitrogens with one attached hydrogen (secondary N) is 2. The molecule has 254 valence electrons. The van der Waals surface area contributed by atoms with Crippen molar-refractivity contribution in [2.24, 2.45) is 0 Å². The molecule has 4 fully saturated rings. The summed E-state index contributed by atoms with van der Waals surface area (Å²) in [5, 5.41) is 8.06. The fourth-order valence-electron chi connectivity index (χ4n) is 7.14. The predicted molar refractivity (Wildman–Crippen MR) is 182 cm³/mol. The van der Waals surface area contributed by atoms with Crippen LogP contribution in [0.5, 0.6) is 5.75 Å². The molecule has 13 heteroatoms. The summed E-state index contributed by atoms with van der Waals surface area (Å²) in [4.78, 5) is 34.9. The van der Waals surface area contributed by atoms with Gasteiger partial charge in [-0.1, -0.05) is 18.7 Å². The van der Waals surface area contributed by atoms with E-state index in [9.17, 15) is 9.18 Å². The minimum Gasteiger partial charge on any atom is -0.494 e. The summed E-state index contributed by atoms with van der Waals surface area (Å²) >= 11 is 0. The van der Waals surface area contributed by atoms with Gasteiger partial charge in [-0.2, -0.15) is 0 Å². The summed E-state index contributed by atoms with van der Waals surface area (Å²) in [6, 6.07) is 13.1. The van der Waals surface area contributed by atoms with E-state index in [0.717, 1.165) is 76.6 Å². The van der Waals surface area contributed by atoms with Gasteiger partial charge in [0.15, 0.2) is 5.82 Å². The third-order valence-electron chi connectivity index (χ3n) is 9.85. The monoisotopic (exact) mass is 658 g/mol. The average molecular weight is 659 g/mol. The Hall–Kier alpha value is -4.30. The number of hydrogen-bond acceptors (Lipinski definition) is 11. The first kappa shape index (κ1) is 32.3. The van der Waals surface area contributed by atoms with E-state index >= 15 is 0 Å². The number of carbonyl (C=O) groups excluding carboxylic acids is 1. The van der Waals surface area contributed by atoms with Crippen molar-refractivity contribution in [3.05, 3.63) is 72.8 Å². The van der Waals surface area contributed by atoms with Gasteiger partial charge in [-0.25, -0.2) is 19.4 Å². The number of hydroxylamine groups is 1. The zero-order valence-electron chi connectivity index (χ0n) is 27.3. The third-order valence-corrected chi connectivity index (χ3v) is 9.85. The van der Waals surface area contributed by atoms with Crippen LogP contribution in [0.1, 0.15) is 30.9 Å². The number of carbonyl (C=O) groups is 1. The summed E-state index contributed by atoms with van der Waals surface area (Å²) < 4.78 is 25.3. The SMILES string of the molecule is C=CC(=O)Nc1cc(Nc2cc(N3OCC[C@@H]3c3cccc(F)c3)ncn2)c(OC)cc1N1CCC(N2CCN(C3COC3)CC2)CC1. The summed E-state index contributed by atoms with van der Waals surface area (Å²) in [6.45, 7) is 12.0. The van der Waals surface area contributed by atoms with E-state index in [1.807, 2.05) is 18.2 Å². The number of rotatable bonds is 10. The van der Waals surface area contributed by atoms with Gasteiger partial charge in [0, 0.05) is 63.9 Å². The fraction of sp³-hybridized carbons (Fsp3) is 0.457. The van der Waals surface area contributed by atoms with Crippen LogP contribution < -0.4 is 25.3 Å². The number of benzene rings is 2. The molecule has 0 unspecified atom stereocenters. The Morgan fingerprint density at radius 2 is 1.75 bits per heavy atom. The molecule has 4 saturated heterocycles. The highest BCUT2D eigenvalue weighted by molar-refractivity contribution is 6.02. The van der Waals surface area contributed by atoms with Crippen LogP contribution >= 0.6 is 0 Å². The van der Waals surface area contributed by atoms with Crippen molar-refractivity contribution >= 4 is 34.6 Å². The van der Waals surface area contributed by atoms with Gasteiger partial charge in [0.05, 0.1) is 56.1 Å². The van der Waals surface area contributed by atoms with E-state index in [1.165, 1.54) is 24.5 Å². The first-order valence-corrected chi connectivity index (χ1v) is 16.7. The number of piperidine rings is 1. The molecule has 0 aliphatic carbocycles. The molecule has 1 aromatic heterocycles. The first-order chi connectivity index (χ1) is 23.5. The standard InChI is InChI=1S/C35H43FN8O4/c1-3-35(45)40-28-18-29(39-33-20-34(38-23-37-33)44-30(9-16-48-44)24-5-4-6-25(36)17-24)32(46-2)19-31(28)43-10-7-26(8-11-43)41-12-14-42(15-13-41)27-21-47-22-27/h3-6,17-20,23,26-27,30H,1,7-16,21-22H2,2H3,(H,40,45)(H,37,38,39)/t30-/m1/s1. The van der Waals surface area contributed by atoms with Gasteiger partial charge >= 0.3 is 0 Å². The molecule has 4 aliphatic rings. The quantitative estimate of drug-likeness (QED) is 0.304. The second-order valence-electron chi connectivity index (χ2n) is 12.6. The summed E-state index contributed by atoms with van der Waals surface area (Å²) in [5.74, 6) is 1.06. The van der Waals surface area contributed by atoms with Gasteiger partial charge in [-0.15, -0.1) is 0 Å². The number of nitrogens with zero attached hydrogens (tertiary/aromatic N) is 6. The minimum atomic E-state index is -0.295. The highest BCUT2D eigenvalue weighted by Gasteiger charge is 2.33. The maximum Gasteiger partial charge on any atom is 0.247 e. The van der Waals surface area contributed by atoms with E-state index in [1.54, 1.807) is 24.3 Å². The van der Waals surface area contributed by atoms with Crippen LogP contribution in [0.3, 0.4) is 0 Å². The smallest absolute Gasteiger partial charge is 0.247 e. The summed E-state index contributed by atoms with van der Waals surface area (Å²) in [7, 11) is 1.63. The van der Waals surface area contributed by atoms with E-state index in [0.29, 0.717) is 53.9 Å². The van der Waals surface area contributed by atoms with Gasteiger partial charge in [0.25, 0.3) is 0 Å². The number of methoxy groups -OCH3 is 1. The zero-order valence-corrected chi connectivity index (χ0v) is 27.3. The number of amides is 1. The molecule has 0 bridgehead atoms. The average Bonchev–Trinajstić information content (AvgIpc) is 3.59. The van der Waals surface area contributed by atoms with Gasteiger partial charge in [0.1, 0.15) is 23.7 Å². The number of hydrogen-bond donors (Lipinski definition) is 2. The van der Waals surface area contributed by atoms with Crippen molar-refractivity contribution in [1.29, 1.82) is 0 Å². The number of halogens is 1. The molecule has 3 aromatic rings. The molecule has 2 aromatic carbocycles. The highest BCUT2D eigenvalue weighted by Crippen LogP contribution is 2.40. The van der Waals surface area contributed by atoms with Gasteiger partial charge in [-0.3, -0.25) is 19.4 Å². The minimum absolute atomic E-state index is 0.186. The lowest BCUT2D eigenvalue weighted by atomic mass is 10.0. The molecule has 1 amide bonds. The van der Waals surface area contributed by atoms with Crippen molar-refractivity contribution in [2.75, 3.05) is 86.8 Å². The molecule has 0 spiro atoms. The van der Waals surface area contributed by atoms with Crippen molar-refractivity contribution in [1.82, 2.24) is 19.8 Å². The Morgan fingerprint density at radius 1 is 0.979 bits per heavy atom. The fourth-order valence-corrected chi connectivity index (χ4v) is 7.14. The number of anilines is 5. The van der Waals surface area contributed by atoms with E-state index < -0.39 is 0 Å². The van der Waals surface area contributed by atoms with Crippen LogP contribution in [-0.4, -0.2) is 104 Å². The summed E-state index contributed by atoms with van der Waals surface area (Å²) in [6.07, 6.45) is 5.51. The maximum absolute atomic E-state index is 14.0. The molecule has 0 saturated carbocycles. The van der Waals surface area contributed by atoms with Crippen molar-refractivity contribution in [2.45, 2.75) is 37.4 Å². The molecular formula is C35H43FN8O4. The number of ether oxygens (including phenoxy) is 2. The van der Waals surface area contributed by atoms with E-state index in [-0.39, 0.29) is 17.8 Å². The van der Waals surface area contributed by atoms with Crippen molar-refractivity contribution in [3.63, 3.8) is 0 Å². The molecule has 48 heavy (non-hydrogen) atoms. The van der Waals surface area contributed by atoms with Crippen LogP contribution in [0.4, 0.5) is 33.1 Å². The lowest BCUT2D eigenvalue weighted by Gasteiger charge is -2.46. The van der Waals surface area contributed by atoms with Crippen LogP contribution in [0, 0.1) is 5.82 Å². The number of aromatic nitrogens is 2. The Labute approximate surface area is 280 Å². The van der Waals surface area contributed by atoms with E-state index in [4.69, 9.17) is 14.3 Å². The van der Waals surface area contributed by atoms with Gasteiger partial charge < -0.3 is 25.0 Å². The lowest BCUT2D eigenvalue weighted by Crippen LogP contribution is -2.59. The van der Waals surface area contributed by atoms with Gasteiger partial charge in [-0.05, 0) is 42.7 Å². The van der Waals surface area contributed by atoms with Crippen LogP contribution in [0.25, 0.3) is 0 Å². The zero-order chi connectivity index (χ0) is 33.0. The van der Waals surface area contributed by atoms with Crippen LogP contribution in [-0.2, 0) is 14.4 Å². The maximum atomic E-state index is 14.0. The molecule has 7 rings (SSSR count). The summed E-state index contributed by atoms with van der Waals surface area (Å²) in [5.41, 5.74) is 2.99. The molecule has 0 radical (unpaired) electrons. The Morgan fingerprint density at radius 3 is 2.44 bits per heavy atom. The van der Waals surface area contributed by atoms with Crippen molar-refractivity contribution < 1.29 is 23.5 Å². The number of piperazine rings is 1. The Kier molecular flexibility index (Phi) is 9.71. The Bertz CT molecular complexity index is 1610. The van der Waals surface area contributed by atoms with E-state index in [2.05, 4.69) is 41.9 Å². The molecular weight excluding hydrogens is 615 g/mol. The second-order valence-corrected chi connectivity index (χ2v) is 12.6. The molecule has 1 atom stereocenters. The largest absolute Gasteiger partial charge is 0.494 e. The Balaban J connectivity index is 1.07. The first-order valence-electron chi connectivity index (χ1n) is 16.7. The topological polar surface area (TPSA) is 108 Å². The second kappa shape index (κ2) is 14.4. The van der Waals surface area contributed by atoms with Crippen LogP contribution in [0.2, 0.25) is 0 Å². The van der Waals surface area contributed by atoms with Gasteiger partial charge in [0.2, 0.25) is 5.91 Å². The lowest BCUT2D eigenvalue weighted by molar-refractivity contribution is -0.111. The van der Waals surface area contributed by atoms with Crippen molar-refractivity contribution in [3.8, 4) is 5.75 Å².